The third kappa shape index (κ3) is 2.24. The number of nitrogens with zero attached hydrogens (tertiary/aromatic N) is 2. The molecule has 0 aliphatic rings. The molecule has 0 N–H and O–H groups in total. The molecule has 1 rings (SSSR count). The summed E-state index contributed by atoms with van der Waals surface area (Å²) in [5.41, 5.74) is 1.64. The molecule has 0 radical (unpaired) electrons. The van der Waals surface area contributed by atoms with E-state index in [4.69, 9.17) is 5.26 Å². The van der Waals surface area contributed by atoms with Crippen molar-refractivity contribution in [3.63, 3.8) is 0 Å². The smallest absolute Gasteiger partial charge is 0.101 e. The molecule has 0 aliphatic carbocycles. The Morgan fingerprint density at radius 3 is 2.91 bits per heavy atom. The highest BCUT2D eigenvalue weighted by molar-refractivity contribution is 7.97. The number of aromatic nitrogens is 1. The van der Waals surface area contributed by atoms with Gasteiger partial charge in [0.25, 0.3) is 0 Å². The number of rotatable bonds is 2. The van der Waals surface area contributed by atoms with Crippen LogP contribution in [0.1, 0.15) is 11.3 Å². The molecule has 0 unspecified atom stereocenters. The van der Waals surface area contributed by atoms with Crippen molar-refractivity contribution < 1.29 is 0 Å². The average molecular weight is 164 g/mol. The van der Waals surface area contributed by atoms with Gasteiger partial charge in [0.2, 0.25) is 0 Å². The van der Waals surface area contributed by atoms with E-state index in [1.165, 1.54) is 0 Å². The summed E-state index contributed by atoms with van der Waals surface area (Å²) in [6.45, 7) is 0. The van der Waals surface area contributed by atoms with Crippen molar-refractivity contribution in [3.05, 3.63) is 29.6 Å². The van der Waals surface area contributed by atoms with Gasteiger partial charge in [-0.05, 0) is 18.4 Å². The first-order valence-corrected chi connectivity index (χ1v) is 4.60. The van der Waals surface area contributed by atoms with Gasteiger partial charge < -0.3 is 0 Å². The van der Waals surface area contributed by atoms with Crippen molar-refractivity contribution in [1.29, 1.82) is 5.26 Å². The van der Waals surface area contributed by atoms with Gasteiger partial charge in [-0.2, -0.15) is 17.0 Å². The Morgan fingerprint density at radius 1 is 1.64 bits per heavy atom. The molecule has 0 spiro atoms. The number of nitriles is 1. The largest absolute Gasteiger partial charge is 0.259 e. The molecule has 1 heterocycles. The van der Waals surface area contributed by atoms with Crippen LogP contribution in [0.2, 0.25) is 0 Å². The van der Waals surface area contributed by atoms with Crippen molar-refractivity contribution in [2.24, 2.45) is 0 Å². The standard InChI is InChI=1S/C8H8N2S/c1-11-6-8-3-2-7(4-9)5-10-8/h2-3,5H,6H2,1H3. The maximum Gasteiger partial charge on any atom is 0.101 e. The minimum atomic E-state index is 0.620. The Bertz CT molecular complexity index is 260. The molecule has 0 aromatic carbocycles. The fraction of sp³-hybridized carbons (Fsp3) is 0.250. The third-order valence-electron chi connectivity index (χ3n) is 1.25. The zero-order valence-corrected chi connectivity index (χ0v) is 7.06. The summed E-state index contributed by atoms with van der Waals surface area (Å²) in [4.78, 5) is 4.10. The van der Waals surface area contributed by atoms with Crippen LogP contribution in [0, 0.1) is 11.3 Å². The first-order chi connectivity index (χ1) is 5.36. The summed E-state index contributed by atoms with van der Waals surface area (Å²) < 4.78 is 0. The van der Waals surface area contributed by atoms with Crippen LogP contribution in [0.25, 0.3) is 0 Å². The Labute approximate surface area is 70.3 Å². The summed E-state index contributed by atoms with van der Waals surface area (Å²) in [5, 5.41) is 8.46. The monoisotopic (exact) mass is 164 g/mol. The average Bonchev–Trinajstić information content (AvgIpc) is 2.07. The summed E-state index contributed by atoms with van der Waals surface area (Å²) in [6, 6.07) is 5.70. The molecule has 0 bridgehead atoms. The van der Waals surface area contributed by atoms with Gasteiger partial charge in [0.1, 0.15) is 6.07 Å². The summed E-state index contributed by atoms with van der Waals surface area (Å²) in [7, 11) is 0. The molecule has 0 amide bonds. The minimum absolute atomic E-state index is 0.620. The van der Waals surface area contributed by atoms with Gasteiger partial charge in [-0.3, -0.25) is 4.98 Å². The van der Waals surface area contributed by atoms with Gasteiger partial charge in [-0.25, -0.2) is 0 Å². The van der Waals surface area contributed by atoms with E-state index in [-0.39, 0.29) is 0 Å². The second-order valence-electron chi connectivity index (χ2n) is 2.08. The van der Waals surface area contributed by atoms with E-state index in [1.807, 2.05) is 18.4 Å². The van der Waals surface area contributed by atoms with Crippen molar-refractivity contribution >= 4 is 11.8 Å². The molecule has 1 aromatic rings. The number of hydrogen-bond acceptors (Lipinski definition) is 3. The molecule has 56 valence electrons. The Hall–Kier alpha value is -1.01. The number of pyridine rings is 1. The Kier molecular flexibility index (Phi) is 2.94. The van der Waals surface area contributed by atoms with Crippen LogP contribution in [0.4, 0.5) is 0 Å². The summed E-state index contributed by atoms with van der Waals surface area (Å²) in [6.07, 6.45) is 3.63. The van der Waals surface area contributed by atoms with Gasteiger partial charge in [0.05, 0.1) is 11.3 Å². The van der Waals surface area contributed by atoms with Crippen LogP contribution in [0.5, 0.6) is 0 Å². The van der Waals surface area contributed by atoms with Crippen LogP contribution < -0.4 is 0 Å². The van der Waals surface area contributed by atoms with Gasteiger partial charge in [-0.15, -0.1) is 0 Å². The van der Waals surface area contributed by atoms with Crippen LogP contribution in [-0.4, -0.2) is 11.2 Å². The molecule has 0 atom stereocenters. The number of hydrogen-bond donors (Lipinski definition) is 0. The van der Waals surface area contributed by atoms with Gasteiger partial charge in [-0.1, -0.05) is 0 Å². The quantitative estimate of drug-likeness (QED) is 0.669. The van der Waals surface area contributed by atoms with Crippen molar-refractivity contribution in [3.8, 4) is 6.07 Å². The molecule has 0 saturated carbocycles. The van der Waals surface area contributed by atoms with E-state index in [2.05, 4.69) is 4.98 Å². The highest BCUT2D eigenvalue weighted by Crippen LogP contribution is 2.06. The maximum atomic E-state index is 8.46. The predicted octanol–water partition coefficient (Wildman–Crippen LogP) is 1.82. The number of thioether (sulfide) groups is 1. The van der Waals surface area contributed by atoms with E-state index in [0.29, 0.717) is 5.56 Å². The van der Waals surface area contributed by atoms with Crippen LogP contribution in [0.3, 0.4) is 0 Å². The van der Waals surface area contributed by atoms with Crippen LogP contribution >= 0.6 is 11.8 Å². The van der Waals surface area contributed by atoms with Crippen LogP contribution in [-0.2, 0) is 5.75 Å². The predicted molar refractivity (Wildman–Crippen MR) is 46.2 cm³/mol. The first-order valence-electron chi connectivity index (χ1n) is 3.21. The molecular formula is C8H8N2S. The fourth-order valence-electron chi connectivity index (χ4n) is 0.724. The fourth-order valence-corrected chi connectivity index (χ4v) is 1.19. The Balaban J connectivity index is 2.76. The van der Waals surface area contributed by atoms with Gasteiger partial charge in [0.15, 0.2) is 0 Å². The topological polar surface area (TPSA) is 36.7 Å². The highest BCUT2D eigenvalue weighted by atomic mass is 32.2. The zero-order valence-electron chi connectivity index (χ0n) is 6.24. The normalized spacial score (nSPS) is 9.09. The molecule has 3 heteroatoms. The zero-order chi connectivity index (χ0) is 8.10. The summed E-state index contributed by atoms with van der Waals surface area (Å²) >= 11 is 1.72. The second kappa shape index (κ2) is 3.99. The van der Waals surface area contributed by atoms with Crippen molar-refractivity contribution in [1.82, 2.24) is 4.98 Å². The lowest BCUT2D eigenvalue weighted by Gasteiger charge is -1.94. The van der Waals surface area contributed by atoms with Crippen molar-refractivity contribution in [2.75, 3.05) is 6.26 Å². The molecule has 2 nitrogen and oxygen atoms in total. The Morgan fingerprint density at radius 2 is 2.45 bits per heavy atom. The van der Waals surface area contributed by atoms with E-state index in [1.54, 1.807) is 24.0 Å². The lowest BCUT2D eigenvalue weighted by molar-refractivity contribution is 1.17. The molecule has 1 aromatic heterocycles. The van der Waals surface area contributed by atoms with Crippen LogP contribution in [0.15, 0.2) is 18.3 Å². The lowest BCUT2D eigenvalue weighted by atomic mass is 10.3. The SMILES string of the molecule is CSCc1ccc(C#N)cn1. The van der Waals surface area contributed by atoms with E-state index < -0.39 is 0 Å². The van der Waals surface area contributed by atoms with Gasteiger partial charge in [0, 0.05) is 11.9 Å². The van der Waals surface area contributed by atoms with Gasteiger partial charge >= 0.3 is 0 Å². The molecular weight excluding hydrogens is 156 g/mol. The summed E-state index contributed by atoms with van der Waals surface area (Å²) in [5.74, 6) is 0.908. The van der Waals surface area contributed by atoms with E-state index in [0.717, 1.165) is 11.4 Å². The third-order valence-corrected chi connectivity index (χ3v) is 1.83. The van der Waals surface area contributed by atoms with E-state index in [9.17, 15) is 0 Å². The molecule has 0 saturated heterocycles. The lowest BCUT2D eigenvalue weighted by Crippen LogP contribution is -1.85. The first kappa shape index (κ1) is 8.09. The minimum Gasteiger partial charge on any atom is -0.259 e. The maximum absolute atomic E-state index is 8.46. The molecule has 11 heavy (non-hydrogen) atoms. The molecule has 0 fully saturated rings. The highest BCUT2D eigenvalue weighted by Gasteiger charge is 1.92. The van der Waals surface area contributed by atoms with E-state index >= 15 is 0 Å². The molecule has 0 aliphatic heterocycles. The second-order valence-corrected chi connectivity index (χ2v) is 2.95. The van der Waals surface area contributed by atoms with Crippen molar-refractivity contribution in [2.45, 2.75) is 5.75 Å².